The van der Waals surface area contributed by atoms with E-state index in [2.05, 4.69) is 30.2 Å². The Balaban J connectivity index is 1.97. The number of aliphatic carboxylic acids is 1. The van der Waals surface area contributed by atoms with Crippen LogP contribution in [-0.4, -0.2) is 75.8 Å². The SMILES string of the molecule is C/C(=C\[C@H](C(C)C)N(C)C(=O)[C@@H](NC(=O)[C@H]1[N+](C)=Cc2[nH]c3ccccc3c2C1(C)C)C(C)(C)C)C(=O)O. The number of para-hydroxylation sites is 1. The lowest BCUT2D eigenvalue weighted by Gasteiger charge is -2.39. The van der Waals surface area contributed by atoms with Crippen molar-refractivity contribution in [3.63, 3.8) is 0 Å². The van der Waals surface area contributed by atoms with E-state index in [1.165, 1.54) is 6.92 Å². The Morgan fingerprint density at radius 3 is 2.34 bits per heavy atom. The first-order chi connectivity index (χ1) is 17.5. The number of rotatable bonds is 7. The van der Waals surface area contributed by atoms with Gasteiger partial charge in [-0.15, -0.1) is 0 Å². The molecule has 0 spiro atoms. The van der Waals surface area contributed by atoms with Crippen LogP contribution in [0.5, 0.6) is 0 Å². The van der Waals surface area contributed by atoms with E-state index in [4.69, 9.17) is 0 Å². The van der Waals surface area contributed by atoms with Gasteiger partial charge >= 0.3 is 5.97 Å². The zero-order valence-corrected chi connectivity index (χ0v) is 24.3. The number of carboxylic acids is 1. The number of carbonyl (C=O) groups excluding carboxylic acids is 2. The van der Waals surface area contributed by atoms with Crippen molar-refractivity contribution >= 4 is 34.9 Å². The Kier molecular flexibility index (Phi) is 7.97. The number of carboxylic acid groups (broad SMARTS) is 1. The molecular weight excluding hydrogens is 480 g/mol. The molecule has 0 bridgehead atoms. The van der Waals surface area contributed by atoms with Crippen molar-refractivity contribution < 1.29 is 24.1 Å². The van der Waals surface area contributed by atoms with Crippen molar-refractivity contribution in [3.05, 3.63) is 47.2 Å². The summed E-state index contributed by atoms with van der Waals surface area (Å²) >= 11 is 0. The first-order valence-electron chi connectivity index (χ1n) is 13.1. The molecule has 2 amide bonds. The number of H-pyrrole nitrogens is 1. The van der Waals surface area contributed by atoms with E-state index in [-0.39, 0.29) is 23.3 Å². The number of aromatic amines is 1. The van der Waals surface area contributed by atoms with Crippen LogP contribution in [0.1, 0.15) is 66.6 Å². The molecule has 0 unspecified atom stereocenters. The first kappa shape index (κ1) is 29.1. The van der Waals surface area contributed by atoms with Gasteiger partial charge in [0.25, 0.3) is 5.91 Å². The molecule has 206 valence electrons. The van der Waals surface area contributed by atoms with Crippen molar-refractivity contribution in [2.24, 2.45) is 11.3 Å². The largest absolute Gasteiger partial charge is 0.478 e. The summed E-state index contributed by atoms with van der Waals surface area (Å²) in [6, 6.07) is 6.28. The van der Waals surface area contributed by atoms with Crippen molar-refractivity contribution in [3.8, 4) is 0 Å². The van der Waals surface area contributed by atoms with Crippen LogP contribution in [0.3, 0.4) is 0 Å². The van der Waals surface area contributed by atoms with Crippen LogP contribution in [0.15, 0.2) is 35.9 Å². The number of aromatic nitrogens is 1. The predicted molar refractivity (Wildman–Crippen MR) is 151 cm³/mol. The Bertz CT molecular complexity index is 1310. The molecule has 0 radical (unpaired) electrons. The van der Waals surface area contributed by atoms with Crippen molar-refractivity contribution in [1.82, 2.24) is 15.2 Å². The van der Waals surface area contributed by atoms with Gasteiger partial charge in [-0.2, -0.15) is 0 Å². The molecule has 3 atom stereocenters. The van der Waals surface area contributed by atoms with Crippen LogP contribution in [0, 0.1) is 11.3 Å². The van der Waals surface area contributed by atoms with Crippen LogP contribution < -0.4 is 5.32 Å². The molecule has 0 saturated carbocycles. The first-order valence-corrected chi connectivity index (χ1v) is 13.1. The number of carbonyl (C=O) groups is 3. The fourth-order valence-electron chi connectivity index (χ4n) is 5.69. The maximum Gasteiger partial charge on any atom is 0.331 e. The maximum absolute atomic E-state index is 14.0. The van der Waals surface area contributed by atoms with Gasteiger partial charge < -0.3 is 20.3 Å². The van der Waals surface area contributed by atoms with E-state index in [0.29, 0.717) is 0 Å². The number of amides is 2. The highest BCUT2D eigenvalue weighted by Crippen LogP contribution is 2.39. The second-order valence-corrected chi connectivity index (χ2v) is 12.5. The standard InChI is InChI=1S/C30H42N4O4/c1-17(2)22(15-18(3)28(37)38)34(10)27(36)24(29(4,5)6)32-26(35)25-30(7,8)23-19-13-11-12-14-20(19)31-21(23)16-33(25)9/h11-17,22,24-25H,1-10H3,(H2,32,35,37,38)/p+1/b18-15+/t22-,24-,25-/m1/s1. The fourth-order valence-corrected chi connectivity index (χ4v) is 5.69. The Labute approximate surface area is 225 Å². The average Bonchev–Trinajstić information content (AvgIpc) is 3.17. The van der Waals surface area contributed by atoms with Crippen molar-refractivity contribution in [1.29, 1.82) is 0 Å². The molecule has 8 heteroatoms. The summed E-state index contributed by atoms with van der Waals surface area (Å²) < 4.78 is 1.91. The molecule has 1 aromatic heterocycles. The minimum Gasteiger partial charge on any atom is -0.478 e. The molecule has 1 aliphatic heterocycles. The normalized spacial score (nSPS) is 19.0. The molecule has 0 aliphatic carbocycles. The van der Waals surface area contributed by atoms with Crippen molar-refractivity contribution in [2.75, 3.05) is 14.1 Å². The monoisotopic (exact) mass is 523 g/mol. The number of benzene rings is 1. The summed E-state index contributed by atoms with van der Waals surface area (Å²) in [4.78, 5) is 44.4. The number of fused-ring (bicyclic) bond motifs is 3. The van der Waals surface area contributed by atoms with Gasteiger partial charge in [0.2, 0.25) is 11.9 Å². The van der Waals surface area contributed by atoms with Crippen LogP contribution in [0.25, 0.3) is 10.9 Å². The Morgan fingerprint density at radius 1 is 1.18 bits per heavy atom. The molecule has 3 N–H and O–H groups in total. The van der Waals surface area contributed by atoms with Crippen molar-refractivity contribution in [2.45, 2.75) is 78.9 Å². The highest BCUT2D eigenvalue weighted by Gasteiger charge is 2.50. The smallest absolute Gasteiger partial charge is 0.331 e. The quantitative estimate of drug-likeness (QED) is 0.378. The number of hydrogen-bond donors (Lipinski definition) is 3. The topological polar surface area (TPSA) is 106 Å². The van der Waals surface area contributed by atoms with E-state index in [0.717, 1.165) is 22.2 Å². The molecule has 1 aliphatic rings. The van der Waals surface area contributed by atoms with E-state index in [1.807, 2.05) is 70.7 Å². The lowest BCUT2D eigenvalue weighted by atomic mass is 9.73. The molecule has 38 heavy (non-hydrogen) atoms. The average molecular weight is 524 g/mol. The van der Waals surface area contributed by atoms with Gasteiger partial charge in [-0.3, -0.25) is 9.59 Å². The third kappa shape index (κ3) is 5.40. The van der Waals surface area contributed by atoms with Crippen LogP contribution in [0.4, 0.5) is 0 Å². The number of nitrogens with zero attached hydrogens (tertiary/aromatic N) is 2. The summed E-state index contributed by atoms with van der Waals surface area (Å²) in [5.74, 6) is -1.53. The number of nitrogens with one attached hydrogen (secondary N) is 2. The summed E-state index contributed by atoms with van der Waals surface area (Å²) in [6.07, 6.45) is 3.57. The molecule has 0 saturated heterocycles. The van der Waals surface area contributed by atoms with Gasteiger partial charge in [-0.25, -0.2) is 9.37 Å². The second-order valence-electron chi connectivity index (χ2n) is 12.5. The summed E-state index contributed by atoms with van der Waals surface area (Å²) in [5.41, 5.74) is 2.12. The fraction of sp³-hybridized carbons (Fsp3) is 0.533. The highest BCUT2D eigenvalue weighted by molar-refractivity contribution is 5.98. The summed E-state index contributed by atoms with van der Waals surface area (Å²) in [7, 11) is 3.56. The third-order valence-corrected chi connectivity index (χ3v) is 7.69. The molecule has 3 rings (SSSR count). The summed E-state index contributed by atoms with van der Waals surface area (Å²) in [6.45, 7) is 15.3. The molecular formula is C30H43N4O4+. The van der Waals surface area contributed by atoms with Crippen LogP contribution in [0.2, 0.25) is 0 Å². The van der Waals surface area contributed by atoms with E-state index >= 15 is 0 Å². The zero-order valence-electron chi connectivity index (χ0n) is 24.3. The van der Waals surface area contributed by atoms with Gasteiger partial charge in [0.05, 0.1) is 11.5 Å². The Morgan fingerprint density at radius 2 is 1.79 bits per heavy atom. The third-order valence-electron chi connectivity index (χ3n) is 7.69. The van der Waals surface area contributed by atoms with E-state index < -0.39 is 34.9 Å². The number of likely N-dealkylation sites (N-methyl/N-ethyl adjacent to an activating group) is 2. The minimum absolute atomic E-state index is 0.0205. The van der Waals surface area contributed by atoms with Crippen LogP contribution in [-0.2, 0) is 19.8 Å². The lowest BCUT2D eigenvalue weighted by Crippen LogP contribution is -2.61. The summed E-state index contributed by atoms with van der Waals surface area (Å²) in [5, 5.41) is 13.6. The maximum atomic E-state index is 14.0. The van der Waals surface area contributed by atoms with E-state index in [1.54, 1.807) is 18.0 Å². The molecule has 2 aromatic rings. The van der Waals surface area contributed by atoms with Crippen LogP contribution >= 0.6 is 0 Å². The highest BCUT2D eigenvalue weighted by atomic mass is 16.4. The van der Waals surface area contributed by atoms with Gasteiger partial charge in [0.15, 0.2) is 6.21 Å². The van der Waals surface area contributed by atoms with E-state index in [9.17, 15) is 19.5 Å². The predicted octanol–water partition coefficient (Wildman–Crippen LogP) is 3.93. The van der Waals surface area contributed by atoms with Gasteiger partial charge in [-0.1, -0.05) is 58.9 Å². The minimum atomic E-state index is -1.02. The molecule has 8 nitrogen and oxygen atoms in total. The molecule has 1 aromatic carbocycles. The Hall–Kier alpha value is -3.42. The van der Waals surface area contributed by atoms with Gasteiger partial charge in [0, 0.05) is 29.1 Å². The molecule has 0 fully saturated rings. The zero-order chi connectivity index (χ0) is 28.7. The lowest BCUT2D eigenvalue weighted by molar-refractivity contribution is -0.531. The molecule has 2 heterocycles. The van der Waals surface area contributed by atoms with Gasteiger partial charge in [0.1, 0.15) is 18.8 Å². The number of hydrogen-bond acceptors (Lipinski definition) is 3. The second kappa shape index (κ2) is 10.4. The van der Waals surface area contributed by atoms with Gasteiger partial charge in [-0.05, 0) is 38.2 Å².